The molecular weight excluding hydrogens is 232 g/mol. The minimum Gasteiger partial charge on any atom is -0.329 e. The van der Waals surface area contributed by atoms with Gasteiger partial charge in [0.25, 0.3) is 0 Å². The zero-order chi connectivity index (χ0) is 14.0. The number of hydrogen-bond donors (Lipinski definition) is 1. The Morgan fingerprint density at radius 2 is 1.68 bits per heavy atom. The summed E-state index contributed by atoms with van der Waals surface area (Å²) in [5, 5.41) is 0. The molecular formula is C17H34N2. The monoisotopic (exact) mass is 266 g/mol. The van der Waals surface area contributed by atoms with Crippen molar-refractivity contribution < 1.29 is 0 Å². The molecule has 0 bridgehead atoms. The topological polar surface area (TPSA) is 29.3 Å². The average Bonchev–Trinajstić information content (AvgIpc) is 2.88. The van der Waals surface area contributed by atoms with Crippen molar-refractivity contribution >= 4 is 0 Å². The van der Waals surface area contributed by atoms with Gasteiger partial charge in [0.2, 0.25) is 0 Å². The van der Waals surface area contributed by atoms with E-state index in [0.717, 1.165) is 30.3 Å². The molecule has 2 aliphatic rings. The molecule has 19 heavy (non-hydrogen) atoms. The molecule has 2 fully saturated rings. The number of hydrogen-bond acceptors (Lipinski definition) is 2. The standard InChI is InChI=1S/C17H34N2/c1-13(2)15-7-9-17(12-18,10-8-15)19-11-5-6-16(19)14(3)4/h13-16H,5-12,18H2,1-4H3. The van der Waals surface area contributed by atoms with Crippen LogP contribution in [-0.4, -0.2) is 29.6 Å². The summed E-state index contributed by atoms with van der Waals surface area (Å²) in [4.78, 5) is 2.81. The van der Waals surface area contributed by atoms with Crippen LogP contribution in [0.15, 0.2) is 0 Å². The maximum atomic E-state index is 6.26. The summed E-state index contributed by atoms with van der Waals surface area (Å²) in [7, 11) is 0. The molecule has 1 heterocycles. The van der Waals surface area contributed by atoms with Gasteiger partial charge in [0.15, 0.2) is 0 Å². The van der Waals surface area contributed by atoms with E-state index in [1.54, 1.807) is 0 Å². The smallest absolute Gasteiger partial charge is 0.0335 e. The summed E-state index contributed by atoms with van der Waals surface area (Å²) in [6.45, 7) is 11.7. The summed E-state index contributed by atoms with van der Waals surface area (Å²) >= 11 is 0. The van der Waals surface area contributed by atoms with Crippen LogP contribution in [0, 0.1) is 17.8 Å². The molecule has 1 saturated heterocycles. The van der Waals surface area contributed by atoms with E-state index in [1.807, 2.05) is 0 Å². The molecule has 2 rings (SSSR count). The van der Waals surface area contributed by atoms with E-state index in [4.69, 9.17) is 5.73 Å². The second-order valence-electron chi connectivity index (χ2n) is 7.66. The molecule has 1 aliphatic heterocycles. The van der Waals surface area contributed by atoms with Crippen molar-refractivity contribution in [2.24, 2.45) is 23.5 Å². The lowest BCUT2D eigenvalue weighted by atomic mass is 9.71. The van der Waals surface area contributed by atoms with Crippen LogP contribution in [-0.2, 0) is 0 Å². The van der Waals surface area contributed by atoms with Crippen LogP contribution >= 0.6 is 0 Å². The summed E-state index contributed by atoms with van der Waals surface area (Å²) in [5.41, 5.74) is 6.59. The molecule has 1 saturated carbocycles. The summed E-state index contributed by atoms with van der Waals surface area (Å²) in [6.07, 6.45) is 8.18. The molecule has 0 aromatic rings. The van der Waals surface area contributed by atoms with Gasteiger partial charge in [-0.25, -0.2) is 0 Å². The van der Waals surface area contributed by atoms with Crippen molar-refractivity contribution in [3.8, 4) is 0 Å². The van der Waals surface area contributed by atoms with E-state index < -0.39 is 0 Å². The summed E-state index contributed by atoms with van der Waals surface area (Å²) in [5.74, 6) is 2.55. The third-order valence-corrected chi connectivity index (χ3v) is 5.96. The Morgan fingerprint density at radius 1 is 1.05 bits per heavy atom. The Balaban J connectivity index is 2.07. The predicted molar refractivity (Wildman–Crippen MR) is 83.1 cm³/mol. The van der Waals surface area contributed by atoms with Gasteiger partial charge in [-0.15, -0.1) is 0 Å². The van der Waals surface area contributed by atoms with E-state index in [9.17, 15) is 0 Å². The molecule has 1 aliphatic carbocycles. The Labute approximate surface area is 120 Å². The zero-order valence-corrected chi connectivity index (χ0v) is 13.5. The highest BCUT2D eigenvalue weighted by atomic mass is 15.3. The van der Waals surface area contributed by atoms with Crippen LogP contribution in [0.4, 0.5) is 0 Å². The number of nitrogens with two attached hydrogens (primary N) is 1. The van der Waals surface area contributed by atoms with Crippen molar-refractivity contribution in [1.82, 2.24) is 4.90 Å². The van der Waals surface area contributed by atoms with Gasteiger partial charge in [-0.1, -0.05) is 27.7 Å². The third kappa shape index (κ3) is 3.00. The van der Waals surface area contributed by atoms with Crippen molar-refractivity contribution in [2.45, 2.75) is 77.8 Å². The Hall–Kier alpha value is -0.0800. The molecule has 0 spiro atoms. The van der Waals surface area contributed by atoms with Gasteiger partial charge < -0.3 is 5.73 Å². The zero-order valence-electron chi connectivity index (χ0n) is 13.5. The lowest BCUT2D eigenvalue weighted by Gasteiger charge is -2.50. The van der Waals surface area contributed by atoms with Gasteiger partial charge in [0.1, 0.15) is 0 Å². The van der Waals surface area contributed by atoms with E-state index in [2.05, 4.69) is 32.6 Å². The molecule has 0 radical (unpaired) electrons. The van der Waals surface area contributed by atoms with Crippen LogP contribution in [0.5, 0.6) is 0 Å². The van der Waals surface area contributed by atoms with Gasteiger partial charge >= 0.3 is 0 Å². The van der Waals surface area contributed by atoms with Crippen molar-refractivity contribution in [2.75, 3.05) is 13.1 Å². The van der Waals surface area contributed by atoms with E-state index in [-0.39, 0.29) is 0 Å². The average molecular weight is 266 g/mol. The Bertz CT molecular complexity index is 277. The van der Waals surface area contributed by atoms with Gasteiger partial charge in [-0.05, 0) is 62.8 Å². The van der Waals surface area contributed by atoms with Crippen molar-refractivity contribution in [1.29, 1.82) is 0 Å². The largest absolute Gasteiger partial charge is 0.329 e. The SMILES string of the molecule is CC(C)C1CCC(CN)(N2CCCC2C(C)C)CC1. The fraction of sp³-hybridized carbons (Fsp3) is 1.00. The second-order valence-corrected chi connectivity index (χ2v) is 7.66. The molecule has 2 nitrogen and oxygen atoms in total. The lowest BCUT2D eigenvalue weighted by molar-refractivity contribution is 0.0122. The predicted octanol–water partition coefficient (Wildman–Crippen LogP) is 3.65. The first kappa shape index (κ1) is 15.3. The van der Waals surface area contributed by atoms with Crippen LogP contribution in [0.2, 0.25) is 0 Å². The Morgan fingerprint density at radius 3 is 2.16 bits per heavy atom. The fourth-order valence-electron chi connectivity index (χ4n) is 4.53. The van der Waals surface area contributed by atoms with E-state index in [0.29, 0.717) is 5.54 Å². The molecule has 112 valence electrons. The highest BCUT2D eigenvalue weighted by Gasteiger charge is 2.44. The van der Waals surface area contributed by atoms with Crippen LogP contribution in [0.3, 0.4) is 0 Å². The highest BCUT2D eigenvalue weighted by molar-refractivity contribution is 5.01. The summed E-state index contributed by atoms with van der Waals surface area (Å²) < 4.78 is 0. The molecule has 1 atom stereocenters. The quantitative estimate of drug-likeness (QED) is 0.841. The van der Waals surface area contributed by atoms with Gasteiger partial charge in [0.05, 0.1) is 0 Å². The minimum atomic E-state index is 0.330. The first-order valence-electron chi connectivity index (χ1n) is 8.47. The maximum Gasteiger partial charge on any atom is 0.0335 e. The molecule has 2 N–H and O–H groups in total. The maximum absolute atomic E-state index is 6.26. The van der Waals surface area contributed by atoms with Crippen molar-refractivity contribution in [3.05, 3.63) is 0 Å². The molecule has 0 aromatic carbocycles. The number of likely N-dealkylation sites (tertiary alicyclic amines) is 1. The molecule has 2 heteroatoms. The van der Waals surface area contributed by atoms with Crippen LogP contribution in [0.25, 0.3) is 0 Å². The van der Waals surface area contributed by atoms with Gasteiger partial charge in [-0.2, -0.15) is 0 Å². The minimum absolute atomic E-state index is 0.330. The van der Waals surface area contributed by atoms with Gasteiger partial charge in [0, 0.05) is 18.1 Å². The second kappa shape index (κ2) is 6.13. The van der Waals surface area contributed by atoms with E-state index >= 15 is 0 Å². The third-order valence-electron chi connectivity index (χ3n) is 5.96. The fourth-order valence-corrected chi connectivity index (χ4v) is 4.53. The van der Waals surface area contributed by atoms with Crippen LogP contribution in [0.1, 0.15) is 66.2 Å². The molecule has 1 unspecified atom stereocenters. The first-order valence-corrected chi connectivity index (χ1v) is 8.47. The molecule has 0 amide bonds. The highest BCUT2D eigenvalue weighted by Crippen LogP contribution is 2.42. The van der Waals surface area contributed by atoms with Gasteiger partial charge in [-0.3, -0.25) is 4.90 Å². The molecule has 0 aromatic heterocycles. The van der Waals surface area contributed by atoms with Crippen LogP contribution < -0.4 is 5.73 Å². The van der Waals surface area contributed by atoms with E-state index in [1.165, 1.54) is 45.1 Å². The number of nitrogens with zero attached hydrogens (tertiary/aromatic N) is 1. The number of rotatable bonds is 4. The first-order chi connectivity index (χ1) is 9.00. The summed E-state index contributed by atoms with van der Waals surface area (Å²) in [6, 6.07) is 0.777. The lowest BCUT2D eigenvalue weighted by Crippen LogP contribution is -2.58. The van der Waals surface area contributed by atoms with Crippen molar-refractivity contribution in [3.63, 3.8) is 0 Å². The Kier molecular flexibility index (Phi) is 4.94. The normalized spacial score (nSPS) is 37.4.